The predicted octanol–water partition coefficient (Wildman–Crippen LogP) is 3.89. The fourth-order valence-corrected chi connectivity index (χ4v) is 7.02. The highest BCUT2D eigenvalue weighted by atomic mass is 79.9. The Balaban J connectivity index is 1.74. The lowest BCUT2D eigenvalue weighted by Crippen LogP contribution is -2.48. The number of benzene rings is 1. The van der Waals surface area contributed by atoms with Crippen LogP contribution in [0.15, 0.2) is 16.6 Å². The van der Waals surface area contributed by atoms with Crippen molar-refractivity contribution in [2.24, 2.45) is 11.1 Å². The Morgan fingerprint density at radius 1 is 1.40 bits per heavy atom. The fraction of sp³-hybridized carbons (Fsp3) is 0.471. The molecule has 5 rings (SSSR count). The summed E-state index contributed by atoms with van der Waals surface area (Å²) in [6, 6.07) is 2.54. The standard InChI is InChI=1S/C17H16BrF3NO6PS/c18-11-9-1-8(14(22)23)2-10(12(9)30-13(11)17(20,21)29(24,25)26)27-6-15-3-16(4-15,5-19)28-7-15/h1-2H,3-7H2,(H2,22,23)(H2,24,25,26). The van der Waals surface area contributed by atoms with E-state index in [9.17, 15) is 22.5 Å². The molecule has 1 saturated carbocycles. The third-order valence-electron chi connectivity index (χ3n) is 5.47. The van der Waals surface area contributed by atoms with Crippen molar-refractivity contribution in [3.8, 4) is 5.75 Å². The molecule has 2 saturated heterocycles. The van der Waals surface area contributed by atoms with Crippen molar-refractivity contribution < 1.29 is 41.8 Å². The van der Waals surface area contributed by atoms with Gasteiger partial charge in [0.25, 0.3) is 0 Å². The first-order chi connectivity index (χ1) is 13.8. The smallest absolute Gasteiger partial charge is 0.400 e. The average Bonchev–Trinajstić information content (AvgIpc) is 3.29. The maximum Gasteiger partial charge on any atom is 0.400 e. The second-order valence-corrected chi connectivity index (χ2v) is 11.3. The van der Waals surface area contributed by atoms with Crippen LogP contribution in [0.5, 0.6) is 5.75 Å². The predicted molar refractivity (Wildman–Crippen MR) is 106 cm³/mol. The molecule has 1 aromatic heterocycles. The Morgan fingerprint density at radius 2 is 2.07 bits per heavy atom. The number of fused-ring (bicyclic) bond motifs is 2. The minimum Gasteiger partial charge on any atom is -0.491 e. The highest BCUT2D eigenvalue weighted by Gasteiger charge is 2.63. The van der Waals surface area contributed by atoms with Crippen LogP contribution in [-0.2, 0) is 15.0 Å². The molecular formula is C17H16BrF3NO6PS. The van der Waals surface area contributed by atoms with Gasteiger partial charge in [-0.15, -0.1) is 11.3 Å². The molecule has 164 valence electrons. The van der Waals surface area contributed by atoms with E-state index in [1.807, 2.05) is 0 Å². The maximum absolute atomic E-state index is 14.4. The molecule has 1 amide bonds. The Morgan fingerprint density at radius 3 is 2.60 bits per heavy atom. The molecule has 1 aromatic carbocycles. The Kier molecular flexibility index (Phi) is 5.08. The third kappa shape index (κ3) is 3.28. The lowest BCUT2D eigenvalue weighted by molar-refractivity contribution is -0.0427. The summed E-state index contributed by atoms with van der Waals surface area (Å²) in [5.41, 5.74) is -0.313. The molecule has 3 heterocycles. The van der Waals surface area contributed by atoms with Gasteiger partial charge in [-0.25, -0.2) is 4.39 Å². The van der Waals surface area contributed by atoms with Crippen molar-refractivity contribution >= 4 is 50.9 Å². The molecule has 2 bridgehead atoms. The van der Waals surface area contributed by atoms with Crippen molar-refractivity contribution in [1.29, 1.82) is 0 Å². The molecule has 4 N–H and O–H groups in total. The van der Waals surface area contributed by atoms with Gasteiger partial charge in [0.1, 0.15) is 17.3 Å². The summed E-state index contributed by atoms with van der Waals surface area (Å²) in [7, 11) is -5.80. The van der Waals surface area contributed by atoms with Crippen LogP contribution < -0.4 is 10.5 Å². The highest BCUT2D eigenvalue weighted by Crippen LogP contribution is 2.63. The van der Waals surface area contributed by atoms with E-state index in [4.69, 9.17) is 25.0 Å². The van der Waals surface area contributed by atoms with Gasteiger partial charge < -0.3 is 25.0 Å². The van der Waals surface area contributed by atoms with Crippen LogP contribution >= 0.6 is 34.9 Å². The zero-order chi connectivity index (χ0) is 22.1. The lowest BCUT2D eigenvalue weighted by atomic mass is 9.63. The number of amides is 1. The van der Waals surface area contributed by atoms with E-state index in [1.165, 1.54) is 12.1 Å². The number of ether oxygens (including phenoxy) is 2. The monoisotopic (exact) mass is 529 g/mol. The number of carbonyl (C=O) groups is 1. The molecular weight excluding hydrogens is 514 g/mol. The molecule has 1 aliphatic carbocycles. The number of rotatable bonds is 7. The van der Waals surface area contributed by atoms with Gasteiger partial charge in [-0.05, 0) is 40.9 Å². The lowest BCUT2D eigenvalue weighted by Gasteiger charge is -2.42. The number of thiophene rings is 1. The van der Waals surface area contributed by atoms with Gasteiger partial charge >= 0.3 is 13.3 Å². The van der Waals surface area contributed by atoms with Crippen molar-refractivity contribution in [1.82, 2.24) is 0 Å². The van der Waals surface area contributed by atoms with Gasteiger partial charge in [0.2, 0.25) is 5.91 Å². The van der Waals surface area contributed by atoms with Gasteiger partial charge in [-0.1, -0.05) is 0 Å². The molecule has 0 atom stereocenters. The van der Waals surface area contributed by atoms with E-state index >= 15 is 0 Å². The number of hydrogen-bond acceptors (Lipinski definition) is 5. The summed E-state index contributed by atoms with van der Waals surface area (Å²) >= 11 is 3.41. The molecule has 0 radical (unpaired) electrons. The molecule has 2 aromatic rings. The molecule has 0 unspecified atom stereocenters. The van der Waals surface area contributed by atoms with Gasteiger partial charge in [0.05, 0.1) is 23.5 Å². The van der Waals surface area contributed by atoms with Crippen molar-refractivity contribution in [3.63, 3.8) is 0 Å². The number of primary amides is 1. The van der Waals surface area contributed by atoms with Gasteiger partial charge in [-0.3, -0.25) is 9.36 Å². The fourth-order valence-electron chi connectivity index (χ4n) is 4.05. The SMILES string of the molecule is NC(=O)c1cc(OCC23COC(CF)(C2)C3)c2sc(C(F)(F)P(=O)(O)O)c(Br)c2c1. The van der Waals surface area contributed by atoms with Gasteiger partial charge in [0, 0.05) is 20.8 Å². The second kappa shape index (κ2) is 6.91. The summed E-state index contributed by atoms with van der Waals surface area (Å²) < 4.78 is 64.4. The number of carbonyl (C=O) groups excluding carboxylic acids is 1. The summed E-state index contributed by atoms with van der Waals surface area (Å²) in [6.07, 6.45) is 0.926. The average molecular weight is 530 g/mol. The largest absolute Gasteiger partial charge is 0.491 e. The van der Waals surface area contributed by atoms with Crippen molar-refractivity contribution in [3.05, 3.63) is 27.0 Å². The number of hydrogen-bond donors (Lipinski definition) is 3. The van der Waals surface area contributed by atoms with Crippen LogP contribution in [-0.4, -0.2) is 41.2 Å². The van der Waals surface area contributed by atoms with Crippen molar-refractivity contribution in [2.45, 2.75) is 24.1 Å². The minimum absolute atomic E-state index is 0.0195. The Hall–Kier alpha value is -1.17. The third-order valence-corrected chi connectivity index (χ3v) is 8.96. The topological polar surface area (TPSA) is 119 Å². The molecule has 3 aliphatic rings. The minimum atomic E-state index is -5.80. The molecule has 7 nitrogen and oxygen atoms in total. The van der Waals surface area contributed by atoms with Gasteiger partial charge in [0.15, 0.2) is 0 Å². The van der Waals surface area contributed by atoms with E-state index < -0.39 is 41.7 Å². The first-order valence-electron chi connectivity index (χ1n) is 8.66. The Labute approximate surface area is 180 Å². The zero-order valence-corrected chi connectivity index (χ0v) is 18.5. The van der Waals surface area contributed by atoms with E-state index in [-0.39, 0.29) is 32.5 Å². The van der Waals surface area contributed by atoms with Crippen LogP contribution in [0, 0.1) is 5.41 Å². The summed E-state index contributed by atoms with van der Waals surface area (Å²) in [5, 5.41) is 0.112. The van der Waals surface area contributed by atoms with Gasteiger partial charge in [-0.2, -0.15) is 8.78 Å². The highest BCUT2D eigenvalue weighted by molar-refractivity contribution is 9.10. The summed E-state index contributed by atoms with van der Waals surface area (Å²) in [4.78, 5) is 29.0. The van der Waals surface area contributed by atoms with E-state index in [0.717, 1.165) is 0 Å². The zero-order valence-electron chi connectivity index (χ0n) is 15.2. The van der Waals surface area contributed by atoms with Crippen LogP contribution in [0.2, 0.25) is 0 Å². The Bertz CT molecular complexity index is 1100. The van der Waals surface area contributed by atoms with E-state index in [0.29, 0.717) is 30.8 Å². The number of halogens is 4. The molecule has 13 heteroatoms. The van der Waals surface area contributed by atoms with Crippen LogP contribution in [0.25, 0.3) is 10.1 Å². The summed E-state index contributed by atoms with van der Waals surface area (Å²) in [6.45, 7) is -0.202. The van der Waals surface area contributed by atoms with Crippen molar-refractivity contribution in [2.75, 3.05) is 19.9 Å². The molecule has 3 fully saturated rings. The quantitative estimate of drug-likeness (QED) is 0.468. The van der Waals surface area contributed by atoms with Crippen LogP contribution in [0.3, 0.4) is 0 Å². The maximum atomic E-state index is 14.4. The molecule has 0 spiro atoms. The summed E-state index contributed by atoms with van der Waals surface area (Å²) in [5.74, 6) is -0.760. The second-order valence-electron chi connectivity index (χ2n) is 7.79. The van der Waals surface area contributed by atoms with Crippen LogP contribution in [0.1, 0.15) is 28.1 Å². The first-order valence-corrected chi connectivity index (χ1v) is 11.9. The molecule has 30 heavy (non-hydrogen) atoms. The normalized spacial score (nSPS) is 26.1. The first kappa shape index (κ1) is 22.0. The van der Waals surface area contributed by atoms with Crippen LogP contribution in [0.4, 0.5) is 13.2 Å². The van der Waals surface area contributed by atoms with E-state index in [2.05, 4.69) is 15.9 Å². The molecule has 2 aliphatic heterocycles. The number of nitrogens with two attached hydrogens (primary N) is 1. The van der Waals surface area contributed by atoms with E-state index in [1.54, 1.807) is 0 Å². The number of alkyl halides is 3.